The molecule has 3 rings (SSSR count). The SMILES string of the molecule is C(=C1\CSc2ccccc2C1)/c1cnc[nH]1. The second-order valence-electron chi connectivity index (χ2n) is 3.88. The Labute approximate surface area is 98.8 Å². The van der Waals surface area contributed by atoms with Gasteiger partial charge in [-0.25, -0.2) is 4.98 Å². The van der Waals surface area contributed by atoms with E-state index >= 15 is 0 Å². The highest BCUT2D eigenvalue weighted by atomic mass is 32.2. The predicted octanol–water partition coefficient (Wildman–Crippen LogP) is 3.14. The third-order valence-electron chi connectivity index (χ3n) is 2.68. The Kier molecular flexibility index (Phi) is 2.54. The molecule has 1 aliphatic rings. The van der Waals surface area contributed by atoms with Crippen LogP contribution in [0.2, 0.25) is 0 Å². The quantitative estimate of drug-likeness (QED) is 0.812. The third kappa shape index (κ3) is 1.91. The van der Waals surface area contributed by atoms with E-state index < -0.39 is 0 Å². The molecule has 2 nitrogen and oxygen atoms in total. The average molecular weight is 228 g/mol. The van der Waals surface area contributed by atoms with Gasteiger partial charge in [0.05, 0.1) is 18.2 Å². The molecule has 2 heterocycles. The molecule has 0 spiro atoms. The van der Waals surface area contributed by atoms with Crippen molar-refractivity contribution in [2.24, 2.45) is 0 Å². The maximum atomic E-state index is 4.03. The van der Waals surface area contributed by atoms with Crippen molar-refractivity contribution < 1.29 is 0 Å². The van der Waals surface area contributed by atoms with Crippen LogP contribution in [0.3, 0.4) is 0 Å². The standard InChI is InChI=1S/C13H12N2S/c1-2-4-13-11(3-1)5-10(8-16-13)6-12-7-14-9-15-12/h1-4,6-7,9H,5,8H2,(H,14,15)/b10-6+. The van der Waals surface area contributed by atoms with Crippen LogP contribution >= 0.6 is 11.8 Å². The van der Waals surface area contributed by atoms with Gasteiger partial charge in [-0.15, -0.1) is 11.8 Å². The molecule has 1 N–H and O–H groups in total. The Morgan fingerprint density at radius 1 is 1.31 bits per heavy atom. The van der Waals surface area contributed by atoms with Gasteiger partial charge in [0.2, 0.25) is 0 Å². The Balaban J connectivity index is 1.88. The van der Waals surface area contributed by atoms with E-state index in [0.29, 0.717) is 0 Å². The number of rotatable bonds is 1. The fourth-order valence-electron chi connectivity index (χ4n) is 1.91. The van der Waals surface area contributed by atoms with Crippen LogP contribution in [0, 0.1) is 0 Å². The molecule has 0 saturated carbocycles. The normalized spacial score (nSPS) is 17.4. The van der Waals surface area contributed by atoms with Crippen LogP contribution in [0.1, 0.15) is 11.3 Å². The summed E-state index contributed by atoms with van der Waals surface area (Å²) >= 11 is 1.92. The van der Waals surface area contributed by atoms with E-state index in [1.165, 1.54) is 16.0 Å². The van der Waals surface area contributed by atoms with Gasteiger partial charge in [0, 0.05) is 10.6 Å². The number of benzene rings is 1. The second-order valence-corrected chi connectivity index (χ2v) is 4.90. The summed E-state index contributed by atoms with van der Waals surface area (Å²) in [5.74, 6) is 1.08. The molecule has 1 aliphatic heterocycles. The number of nitrogens with zero attached hydrogens (tertiary/aromatic N) is 1. The van der Waals surface area contributed by atoms with Gasteiger partial charge in [0.1, 0.15) is 0 Å². The van der Waals surface area contributed by atoms with Gasteiger partial charge in [-0.1, -0.05) is 23.8 Å². The summed E-state index contributed by atoms with van der Waals surface area (Å²) in [5.41, 5.74) is 3.98. The van der Waals surface area contributed by atoms with Crippen LogP contribution in [0.4, 0.5) is 0 Å². The smallest absolute Gasteiger partial charge is 0.0924 e. The van der Waals surface area contributed by atoms with Crippen molar-refractivity contribution in [1.29, 1.82) is 0 Å². The summed E-state index contributed by atoms with van der Waals surface area (Å²) in [7, 11) is 0. The van der Waals surface area contributed by atoms with Gasteiger partial charge in [-0.3, -0.25) is 0 Å². The van der Waals surface area contributed by atoms with Gasteiger partial charge in [0.25, 0.3) is 0 Å². The first-order valence-corrected chi connectivity index (χ1v) is 6.29. The van der Waals surface area contributed by atoms with Crippen molar-refractivity contribution in [2.45, 2.75) is 11.3 Å². The van der Waals surface area contributed by atoms with E-state index in [2.05, 4.69) is 40.3 Å². The van der Waals surface area contributed by atoms with Gasteiger partial charge in [-0.05, 0) is 24.1 Å². The Hall–Kier alpha value is -1.48. The Morgan fingerprint density at radius 2 is 2.25 bits per heavy atom. The van der Waals surface area contributed by atoms with E-state index in [0.717, 1.165) is 17.9 Å². The van der Waals surface area contributed by atoms with Crippen LogP contribution in [-0.4, -0.2) is 15.7 Å². The topological polar surface area (TPSA) is 28.7 Å². The van der Waals surface area contributed by atoms with Crippen molar-refractivity contribution in [3.05, 3.63) is 53.6 Å². The number of hydrogen-bond acceptors (Lipinski definition) is 2. The first-order valence-electron chi connectivity index (χ1n) is 5.30. The highest BCUT2D eigenvalue weighted by Gasteiger charge is 2.12. The summed E-state index contributed by atoms with van der Waals surface area (Å²) in [6, 6.07) is 8.63. The minimum atomic E-state index is 1.06. The van der Waals surface area contributed by atoms with Crippen molar-refractivity contribution >= 4 is 17.8 Å². The Bertz CT molecular complexity index is 514. The molecular weight excluding hydrogens is 216 g/mol. The highest BCUT2D eigenvalue weighted by Crippen LogP contribution is 2.32. The van der Waals surface area contributed by atoms with Crippen LogP contribution in [-0.2, 0) is 6.42 Å². The third-order valence-corrected chi connectivity index (χ3v) is 3.91. The molecule has 0 radical (unpaired) electrons. The number of hydrogen-bond donors (Lipinski definition) is 1. The summed E-state index contributed by atoms with van der Waals surface area (Å²) < 4.78 is 0. The summed E-state index contributed by atoms with van der Waals surface area (Å²) in [6.07, 6.45) is 6.84. The monoisotopic (exact) mass is 228 g/mol. The first-order chi connectivity index (χ1) is 7.92. The van der Waals surface area contributed by atoms with Crippen molar-refractivity contribution in [1.82, 2.24) is 9.97 Å². The number of aromatic nitrogens is 2. The summed E-state index contributed by atoms with van der Waals surface area (Å²) in [5, 5.41) is 0. The molecule has 0 aliphatic carbocycles. The molecule has 0 bridgehead atoms. The zero-order chi connectivity index (χ0) is 10.8. The molecule has 0 amide bonds. The molecule has 0 unspecified atom stereocenters. The molecule has 16 heavy (non-hydrogen) atoms. The van der Waals surface area contributed by atoms with Gasteiger partial charge in [-0.2, -0.15) is 0 Å². The van der Waals surface area contributed by atoms with Crippen LogP contribution in [0.15, 0.2) is 47.3 Å². The largest absolute Gasteiger partial charge is 0.345 e. The minimum absolute atomic E-state index is 1.06. The lowest BCUT2D eigenvalue weighted by atomic mass is 10.0. The maximum absolute atomic E-state index is 4.03. The fourth-order valence-corrected chi connectivity index (χ4v) is 2.94. The van der Waals surface area contributed by atoms with Gasteiger partial charge in [0.15, 0.2) is 0 Å². The number of imidazole rings is 1. The van der Waals surface area contributed by atoms with Crippen LogP contribution in [0.25, 0.3) is 6.08 Å². The molecule has 0 saturated heterocycles. The minimum Gasteiger partial charge on any atom is -0.345 e. The summed E-state index contributed by atoms with van der Waals surface area (Å²) in [4.78, 5) is 8.56. The number of H-pyrrole nitrogens is 1. The molecule has 2 aromatic rings. The van der Waals surface area contributed by atoms with Crippen molar-refractivity contribution in [2.75, 3.05) is 5.75 Å². The highest BCUT2D eigenvalue weighted by molar-refractivity contribution is 7.99. The van der Waals surface area contributed by atoms with E-state index in [9.17, 15) is 0 Å². The van der Waals surface area contributed by atoms with Gasteiger partial charge < -0.3 is 4.98 Å². The average Bonchev–Trinajstić information content (AvgIpc) is 2.82. The molecule has 80 valence electrons. The molecule has 1 aromatic carbocycles. The number of fused-ring (bicyclic) bond motifs is 1. The lowest BCUT2D eigenvalue weighted by Gasteiger charge is -2.17. The fraction of sp³-hybridized carbons (Fsp3) is 0.154. The lowest BCUT2D eigenvalue weighted by molar-refractivity contribution is 1.08. The molecule has 0 fully saturated rings. The second kappa shape index (κ2) is 4.18. The van der Waals surface area contributed by atoms with Gasteiger partial charge >= 0.3 is 0 Å². The van der Waals surface area contributed by atoms with E-state index in [4.69, 9.17) is 0 Å². The van der Waals surface area contributed by atoms with E-state index in [-0.39, 0.29) is 0 Å². The van der Waals surface area contributed by atoms with Crippen molar-refractivity contribution in [3.8, 4) is 0 Å². The predicted molar refractivity (Wildman–Crippen MR) is 67.4 cm³/mol. The number of aromatic amines is 1. The molecule has 1 aromatic heterocycles. The lowest BCUT2D eigenvalue weighted by Crippen LogP contribution is -2.02. The van der Waals surface area contributed by atoms with E-state index in [1.807, 2.05) is 18.0 Å². The number of thioether (sulfide) groups is 1. The van der Waals surface area contributed by atoms with Crippen LogP contribution < -0.4 is 0 Å². The summed E-state index contributed by atoms with van der Waals surface area (Å²) in [6.45, 7) is 0. The Morgan fingerprint density at radius 3 is 3.12 bits per heavy atom. The number of nitrogens with one attached hydrogen (secondary N) is 1. The maximum Gasteiger partial charge on any atom is 0.0924 e. The molecule has 0 atom stereocenters. The molecular formula is C13H12N2S. The van der Waals surface area contributed by atoms with E-state index in [1.54, 1.807) is 6.33 Å². The zero-order valence-corrected chi connectivity index (χ0v) is 9.63. The zero-order valence-electron chi connectivity index (χ0n) is 8.81. The van der Waals surface area contributed by atoms with Crippen LogP contribution in [0.5, 0.6) is 0 Å². The van der Waals surface area contributed by atoms with Crippen molar-refractivity contribution in [3.63, 3.8) is 0 Å². The molecule has 3 heteroatoms. The first kappa shape index (κ1) is 9.73.